The SMILES string of the molecule is CC(C)C1NC(C)(C)OCC12CCC2. The van der Waals surface area contributed by atoms with E-state index in [1.54, 1.807) is 0 Å². The zero-order chi connectivity index (χ0) is 10.4. The fourth-order valence-corrected chi connectivity index (χ4v) is 2.94. The lowest BCUT2D eigenvalue weighted by Gasteiger charge is -2.56. The predicted molar refractivity (Wildman–Crippen MR) is 58.1 cm³/mol. The van der Waals surface area contributed by atoms with Gasteiger partial charge in [0.2, 0.25) is 0 Å². The lowest BCUT2D eigenvalue weighted by Crippen LogP contribution is -2.66. The molecule has 1 aliphatic heterocycles. The molecule has 1 saturated heterocycles. The van der Waals surface area contributed by atoms with Gasteiger partial charge in [0.15, 0.2) is 0 Å². The third-order valence-corrected chi connectivity index (χ3v) is 3.90. The van der Waals surface area contributed by atoms with E-state index in [1.807, 2.05) is 0 Å². The Bertz CT molecular complexity index is 218. The third kappa shape index (κ3) is 1.59. The Morgan fingerprint density at radius 2 is 1.93 bits per heavy atom. The van der Waals surface area contributed by atoms with Gasteiger partial charge in [0, 0.05) is 11.5 Å². The normalized spacial score (nSPS) is 34.5. The highest BCUT2D eigenvalue weighted by atomic mass is 16.5. The Hall–Kier alpha value is -0.0800. The molecule has 1 N–H and O–H groups in total. The van der Waals surface area contributed by atoms with E-state index in [1.165, 1.54) is 19.3 Å². The highest BCUT2D eigenvalue weighted by Gasteiger charge is 2.50. The van der Waals surface area contributed by atoms with Crippen molar-refractivity contribution in [3.05, 3.63) is 0 Å². The van der Waals surface area contributed by atoms with Crippen molar-refractivity contribution in [3.8, 4) is 0 Å². The fourth-order valence-electron chi connectivity index (χ4n) is 2.94. The molecule has 2 aliphatic rings. The Morgan fingerprint density at radius 3 is 2.36 bits per heavy atom. The summed E-state index contributed by atoms with van der Waals surface area (Å²) in [5.74, 6) is 0.707. The molecule has 0 aromatic heterocycles. The molecule has 14 heavy (non-hydrogen) atoms. The van der Waals surface area contributed by atoms with Crippen LogP contribution in [0.15, 0.2) is 0 Å². The van der Waals surface area contributed by atoms with Crippen molar-refractivity contribution in [2.75, 3.05) is 6.61 Å². The molecule has 82 valence electrons. The first-order valence-electron chi connectivity index (χ1n) is 5.87. The largest absolute Gasteiger partial charge is 0.361 e. The molecule has 1 aliphatic carbocycles. The lowest BCUT2D eigenvalue weighted by molar-refractivity contribution is -0.180. The van der Waals surface area contributed by atoms with Crippen molar-refractivity contribution in [1.29, 1.82) is 0 Å². The van der Waals surface area contributed by atoms with E-state index in [4.69, 9.17) is 4.74 Å². The maximum Gasteiger partial charge on any atom is 0.113 e. The summed E-state index contributed by atoms with van der Waals surface area (Å²) in [4.78, 5) is 0. The van der Waals surface area contributed by atoms with E-state index in [0.717, 1.165) is 6.61 Å². The molecule has 1 unspecified atom stereocenters. The Morgan fingerprint density at radius 1 is 1.29 bits per heavy atom. The van der Waals surface area contributed by atoms with Crippen LogP contribution in [0.3, 0.4) is 0 Å². The zero-order valence-electron chi connectivity index (χ0n) is 9.89. The van der Waals surface area contributed by atoms with Gasteiger partial charge in [0.1, 0.15) is 5.72 Å². The van der Waals surface area contributed by atoms with Crippen molar-refractivity contribution in [1.82, 2.24) is 5.32 Å². The van der Waals surface area contributed by atoms with Crippen molar-refractivity contribution in [3.63, 3.8) is 0 Å². The summed E-state index contributed by atoms with van der Waals surface area (Å²) in [6.07, 6.45) is 4.08. The van der Waals surface area contributed by atoms with Crippen LogP contribution >= 0.6 is 0 Å². The number of rotatable bonds is 1. The van der Waals surface area contributed by atoms with Crippen molar-refractivity contribution in [2.45, 2.75) is 58.7 Å². The monoisotopic (exact) mass is 197 g/mol. The molecule has 2 rings (SSSR count). The first-order valence-corrected chi connectivity index (χ1v) is 5.87. The molecule has 0 aromatic carbocycles. The number of nitrogens with one attached hydrogen (secondary N) is 1. The molecular formula is C12H23NO. The molecule has 1 spiro atoms. The summed E-state index contributed by atoms with van der Waals surface area (Å²) < 4.78 is 5.89. The summed E-state index contributed by atoms with van der Waals surface area (Å²) in [5.41, 5.74) is 0.333. The maximum atomic E-state index is 5.89. The van der Waals surface area contributed by atoms with Crippen LogP contribution in [0.1, 0.15) is 47.0 Å². The van der Waals surface area contributed by atoms with Crippen LogP contribution in [0.5, 0.6) is 0 Å². The van der Waals surface area contributed by atoms with Gasteiger partial charge in [-0.25, -0.2) is 0 Å². The summed E-state index contributed by atoms with van der Waals surface area (Å²) >= 11 is 0. The number of hydrogen-bond acceptors (Lipinski definition) is 2. The summed E-state index contributed by atoms with van der Waals surface area (Å²) in [6.45, 7) is 9.86. The van der Waals surface area contributed by atoms with Crippen LogP contribution in [0.4, 0.5) is 0 Å². The Balaban J connectivity index is 2.13. The second kappa shape index (κ2) is 3.21. The van der Waals surface area contributed by atoms with Crippen LogP contribution in [0, 0.1) is 11.3 Å². The van der Waals surface area contributed by atoms with Crippen molar-refractivity contribution < 1.29 is 4.74 Å². The van der Waals surface area contributed by atoms with Crippen LogP contribution in [-0.2, 0) is 4.74 Å². The van der Waals surface area contributed by atoms with Crippen LogP contribution in [0.2, 0.25) is 0 Å². The molecule has 1 saturated carbocycles. The smallest absolute Gasteiger partial charge is 0.113 e. The predicted octanol–water partition coefficient (Wildman–Crippen LogP) is 2.54. The van der Waals surface area contributed by atoms with Crippen LogP contribution in [0.25, 0.3) is 0 Å². The minimum absolute atomic E-state index is 0.129. The van der Waals surface area contributed by atoms with Gasteiger partial charge in [-0.3, -0.25) is 5.32 Å². The van der Waals surface area contributed by atoms with Gasteiger partial charge in [0.05, 0.1) is 6.61 Å². The van der Waals surface area contributed by atoms with Gasteiger partial charge in [-0.1, -0.05) is 20.3 Å². The lowest BCUT2D eigenvalue weighted by atomic mass is 9.61. The molecule has 1 heterocycles. The van der Waals surface area contributed by atoms with Gasteiger partial charge >= 0.3 is 0 Å². The summed E-state index contributed by atoms with van der Waals surface area (Å²) in [5, 5.41) is 3.66. The maximum absolute atomic E-state index is 5.89. The second-order valence-electron chi connectivity index (χ2n) is 5.88. The van der Waals surface area contributed by atoms with E-state index in [0.29, 0.717) is 17.4 Å². The van der Waals surface area contributed by atoms with Crippen LogP contribution in [-0.4, -0.2) is 18.4 Å². The summed E-state index contributed by atoms with van der Waals surface area (Å²) in [6, 6.07) is 0.639. The van der Waals surface area contributed by atoms with Crippen molar-refractivity contribution >= 4 is 0 Å². The van der Waals surface area contributed by atoms with E-state index in [9.17, 15) is 0 Å². The minimum atomic E-state index is -0.129. The Kier molecular flexibility index (Phi) is 2.39. The third-order valence-electron chi connectivity index (χ3n) is 3.90. The molecule has 0 radical (unpaired) electrons. The standard InChI is InChI=1S/C12H23NO/c1-9(2)10-12(6-5-7-12)8-14-11(3,4)13-10/h9-10,13H,5-8H2,1-4H3. The number of hydrogen-bond donors (Lipinski definition) is 1. The molecule has 0 aromatic rings. The van der Waals surface area contributed by atoms with Gasteiger partial charge in [0.25, 0.3) is 0 Å². The Labute approximate surface area is 87.4 Å². The molecule has 1 atom stereocenters. The van der Waals surface area contributed by atoms with E-state index in [2.05, 4.69) is 33.0 Å². The molecule has 2 heteroatoms. The molecular weight excluding hydrogens is 174 g/mol. The van der Waals surface area contributed by atoms with Crippen LogP contribution < -0.4 is 5.32 Å². The molecule has 0 amide bonds. The quantitative estimate of drug-likeness (QED) is 0.697. The van der Waals surface area contributed by atoms with Gasteiger partial charge in [-0.2, -0.15) is 0 Å². The van der Waals surface area contributed by atoms with Gasteiger partial charge < -0.3 is 4.74 Å². The van der Waals surface area contributed by atoms with Gasteiger partial charge in [-0.05, 0) is 32.6 Å². The molecule has 2 nitrogen and oxygen atoms in total. The molecule has 2 fully saturated rings. The van der Waals surface area contributed by atoms with Crippen molar-refractivity contribution in [2.24, 2.45) is 11.3 Å². The first-order chi connectivity index (χ1) is 6.45. The van der Waals surface area contributed by atoms with Gasteiger partial charge in [-0.15, -0.1) is 0 Å². The average molecular weight is 197 g/mol. The van der Waals surface area contributed by atoms with E-state index in [-0.39, 0.29) is 5.72 Å². The number of ether oxygens (including phenoxy) is 1. The molecule has 0 bridgehead atoms. The minimum Gasteiger partial charge on any atom is -0.361 e. The van der Waals surface area contributed by atoms with E-state index < -0.39 is 0 Å². The summed E-state index contributed by atoms with van der Waals surface area (Å²) in [7, 11) is 0. The average Bonchev–Trinajstić information content (AvgIpc) is 1.99. The van der Waals surface area contributed by atoms with E-state index >= 15 is 0 Å². The first kappa shape index (κ1) is 10.4. The highest BCUT2D eigenvalue weighted by Crippen LogP contribution is 2.49. The second-order valence-corrected chi connectivity index (χ2v) is 5.88. The fraction of sp³-hybridized carbons (Fsp3) is 1.00. The topological polar surface area (TPSA) is 21.3 Å². The highest BCUT2D eigenvalue weighted by molar-refractivity contribution is 5.02. The zero-order valence-corrected chi connectivity index (χ0v) is 9.89.